The Morgan fingerprint density at radius 2 is 1.84 bits per heavy atom. The van der Waals surface area contributed by atoms with Crippen LogP contribution in [0.2, 0.25) is 0 Å². The number of aliphatic imine (C=N–C) groups is 1. The van der Waals surface area contributed by atoms with Crippen LogP contribution in [0.5, 0.6) is 0 Å². The van der Waals surface area contributed by atoms with Gasteiger partial charge in [0.15, 0.2) is 0 Å². The molecule has 2 aromatic rings. The third-order valence-corrected chi connectivity index (χ3v) is 4.25. The Balaban J connectivity index is 1.76. The fraction of sp³-hybridized carbons (Fsp3) is 0.250. The largest absolute Gasteiger partial charge is 0.416 e. The molecule has 0 radical (unpaired) electrons. The lowest BCUT2D eigenvalue weighted by molar-refractivity contribution is -0.137. The van der Waals surface area contributed by atoms with E-state index < -0.39 is 11.7 Å². The van der Waals surface area contributed by atoms with Gasteiger partial charge in [0.05, 0.1) is 11.3 Å². The van der Waals surface area contributed by atoms with E-state index in [1.165, 1.54) is 17.7 Å². The second-order valence-corrected chi connectivity index (χ2v) is 6.07. The van der Waals surface area contributed by atoms with Gasteiger partial charge in [0, 0.05) is 17.7 Å². The van der Waals surface area contributed by atoms with Crippen LogP contribution in [0.4, 0.5) is 18.9 Å². The van der Waals surface area contributed by atoms with E-state index in [1.807, 2.05) is 12.1 Å². The van der Waals surface area contributed by atoms with Gasteiger partial charge < -0.3 is 5.32 Å². The lowest BCUT2D eigenvalue weighted by atomic mass is 10.0. The van der Waals surface area contributed by atoms with Crippen molar-refractivity contribution in [3.63, 3.8) is 0 Å². The number of benzene rings is 2. The molecular formula is C20H19F3N2. The molecule has 3 rings (SSSR count). The predicted molar refractivity (Wildman–Crippen MR) is 94.8 cm³/mol. The molecule has 1 N–H and O–H groups in total. The van der Waals surface area contributed by atoms with Crippen LogP contribution in [0, 0.1) is 0 Å². The highest BCUT2D eigenvalue weighted by atomic mass is 19.4. The van der Waals surface area contributed by atoms with Gasteiger partial charge in [-0.3, -0.25) is 0 Å². The van der Waals surface area contributed by atoms with Crippen molar-refractivity contribution >= 4 is 17.2 Å². The third kappa shape index (κ3) is 3.92. The summed E-state index contributed by atoms with van der Waals surface area (Å²) < 4.78 is 38.4. The van der Waals surface area contributed by atoms with E-state index in [0.717, 1.165) is 35.3 Å². The van der Waals surface area contributed by atoms with E-state index >= 15 is 0 Å². The molecular weight excluding hydrogens is 325 g/mol. The van der Waals surface area contributed by atoms with Crippen molar-refractivity contribution in [3.05, 3.63) is 71.3 Å². The second kappa shape index (κ2) is 6.75. The van der Waals surface area contributed by atoms with E-state index in [2.05, 4.69) is 29.9 Å². The van der Waals surface area contributed by atoms with Crippen LogP contribution in [0.1, 0.15) is 35.6 Å². The van der Waals surface area contributed by atoms with Gasteiger partial charge in [-0.2, -0.15) is 13.2 Å². The van der Waals surface area contributed by atoms with Crippen LogP contribution >= 0.6 is 0 Å². The number of halogens is 3. The number of fused-ring (bicyclic) bond motifs is 1. The molecule has 0 bridgehead atoms. The third-order valence-electron chi connectivity index (χ3n) is 4.25. The molecule has 130 valence electrons. The van der Waals surface area contributed by atoms with Crippen LogP contribution in [0.15, 0.2) is 54.0 Å². The van der Waals surface area contributed by atoms with Gasteiger partial charge >= 0.3 is 6.18 Å². The molecule has 5 heteroatoms. The molecule has 2 aromatic carbocycles. The first-order chi connectivity index (χ1) is 11.9. The van der Waals surface area contributed by atoms with Gasteiger partial charge in [0.1, 0.15) is 5.84 Å². The molecule has 1 heterocycles. The Kier molecular flexibility index (Phi) is 4.66. The summed E-state index contributed by atoms with van der Waals surface area (Å²) in [4.78, 5) is 4.58. The first kappa shape index (κ1) is 17.3. The minimum atomic E-state index is -4.32. The fourth-order valence-corrected chi connectivity index (χ4v) is 2.84. The average Bonchev–Trinajstić information content (AvgIpc) is 2.59. The van der Waals surface area contributed by atoms with Crippen LogP contribution in [0.25, 0.3) is 5.70 Å². The van der Waals surface area contributed by atoms with Crippen molar-refractivity contribution in [3.8, 4) is 0 Å². The number of amidine groups is 1. The van der Waals surface area contributed by atoms with Crippen LogP contribution in [-0.2, 0) is 19.0 Å². The Hall–Kier alpha value is -2.56. The molecule has 0 amide bonds. The lowest BCUT2D eigenvalue weighted by Gasteiger charge is -2.20. The Morgan fingerprint density at radius 1 is 1.04 bits per heavy atom. The van der Waals surface area contributed by atoms with Crippen molar-refractivity contribution < 1.29 is 13.2 Å². The number of nitrogens with zero attached hydrogens (tertiary/aromatic N) is 1. The maximum atomic E-state index is 12.8. The van der Waals surface area contributed by atoms with Gasteiger partial charge in [0.25, 0.3) is 0 Å². The molecule has 1 aliphatic rings. The van der Waals surface area contributed by atoms with Crippen LogP contribution in [0.3, 0.4) is 0 Å². The molecule has 25 heavy (non-hydrogen) atoms. The van der Waals surface area contributed by atoms with Gasteiger partial charge in [-0.25, -0.2) is 4.99 Å². The zero-order valence-electron chi connectivity index (χ0n) is 14.0. The van der Waals surface area contributed by atoms with Crippen LogP contribution in [-0.4, -0.2) is 5.84 Å². The van der Waals surface area contributed by atoms with Crippen molar-refractivity contribution in [2.24, 2.45) is 4.99 Å². The van der Waals surface area contributed by atoms with E-state index in [1.54, 1.807) is 6.07 Å². The SMILES string of the molecule is C=C1NC(CCc2cccc(C(F)(F)F)c2)=Nc2ccc(CC)cc21. The standard InChI is InChI=1S/C20H19F3N2/c1-3-14-7-9-18-17(12-14)13(2)24-19(25-18)10-8-15-5-4-6-16(11-15)20(21,22)23/h4-7,9,11-12H,2-3,8,10H2,1H3,(H,24,25). The average molecular weight is 344 g/mol. The van der Waals surface area contributed by atoms with Crippen LogP contribution < -0.4 is 5.32 Å². The summed E-state index contributed by atoms with van der Waals surface area (Å²) in [6.45, 7) is 6.13. The lowest BCUT2D eigenvalue weighted by Crippen LogP contribution is -2.25. The summed E-state index contributed by atoms with van der Waals surface area (Å²) in [6.07, 6.45) is -2.38. The van der Waals surface area contributed by atoms with E-state index in [-0.39, 0.29) is 0 Å². The molecule has 0 unspecified atom stereocenters. The molecule has 0 fully saturated rings. The number of alkyl halides is 3. The highest BCUT2D eigenvalue weighted by molar-refractivity contribution is 5.97. The molecule has 0 spiro atoms. The van der Waals surface area contributed by atoms with Crippen molar-refractivity contribution in [1.82, 2.24) is 5.32 Å². The minimum absolute atomic E-state index is 0.478. The van der Waals surface area contributed by atoms with Crippen molar-refractivity contribution in [2.75, 3.05) is 0 Å². The summed E-state index contributed by atoms with van der Waals surface area (Å²) >= 11 is 0. The quantitative estimate of drug-likeness (QED) is 0.777. The fourth-order valence-electron chi connectivity index (χ4n) is 2.84. The Labute approximate surface area is 145 Å². The summed E-state index contributed by atoms with van der Waals surface area (Å²) in [5, 5.41) is 3.17. The molecule has 0 aromatic heterocycles. The number of nitrogens with one attached hydrogen (secondary N) is 1. The minimum Gasteiger partial charge on any atom is -0.344 e. The van der Waals surface area contributed by atoms with Crippen molar-refractivity contribution in [2.45, 2.75) is 32.4 Å². The van der Waals surface area contributed by atoms with E-state index in [4.69, 9.17) is 0 Å². The normalized spacial score (nSPS) is 13.9. The summed E-state index contributed by atoms with van der Waals surface area (Å²) in [6, 6.07) is 11.5. The highest BCUT2D eigenvalue weighted by Gasteiger charge is 2.30. The summed E-state index contributed by atoms with van der Waals surface area (Å²) in [5.41, 5.74) is 3.83. The topological polar surface area (TPSA) is 24.4 Å². The maximum Gasteiger partial charge on any atom is 0.416 e. The van der Waals surface area contributed by atoms with Gasteiger partial charge in [0.2, 0.25) is 0 Å². The Morgan fingerprint density at radius 3 is 2.56 bits per heavy atom. The van der Waals surface area contributed by atoms with E-state index in [9.17, 15) is 13.2 Å². The zero-order chi connectivity index (χ0) is 18.0. The smallest absolute Gasteiger partial charge is 0.344 e. The maximum absolute atomic E-state index is 12.8. The number of rotatable bonds is 4. The molecule has 0 atom stereocenters. The molecule has 0 aliphatic carbocycles. The number of aryl methyl sites for hydroxylation is 2. The predicted octanol–water partition coefficient (Wildman–Crippen LogP) is 5.50. The summed E-state index contributed by atoms with van der Waals surface area (Å²) in [5.74, 6) is 0.721. The Bertz CT molecular complexity index is 835. The molecule has 0 saturated carbocycles. The molecule has 2 nitrogen and oxygen atoms in total. The van der Waals surface area contributed by atoms with Gasteiger partial charge in [-0.15, -0.1) is 0 Å². The summed E-state index contributed by atoms with van der Waals surface area (Å²) in [7, 11) is 0. The first-order valence-corrected chi connectivity index (χ1v) is 8.19. The number of hydrogen-bond acceptors (Lipinski definition) is 2. The highest BCUT2D eigenvalue weighted by Crippen LogP contribution is 2.31. The number of hydrogen-bond donors (Lipinski definition) is 1. The molecule has 0 saturated heterocycles. The van der Waals surface area contributed by atoms with Crippen molar-refractivity contribution in [1.29, 1.82) is 0 Å². The molecule has 1 aliphatic heterocycles. The zero-order valence-corrected chi connectivity index (χ0v) is 14.0. The van der Waals surface area contributed by atoms with E-state index in [0.29, 0.717) is 18.4 Å². The van der Waals surface area contributed by atoms with Gasteiger partial charge in [-0.1, -0.05) is 37.8 Å². The first-order valence-electron chi connectivity index (χ1n) is 8.19. The monoisotopic (exact) mass is 344 g/mol. The second-order valence-electron chi connectivity index (χ2n) is 6.07. The van der Waals surface area contributed by atoms with Gasteiger partial charge in [-0.05, 0) is 42.2 Å².